The molecule has 6 N–H and O–H groups in total. The van der Waals surface area contributed by atoms with Crippen LogP contribution in [0.5, 0.6) is 0 Å². The Morgan fingerprint density at radius 2 is 1.94 bits per heavy atom. The maximum atomic E-state index is 11.8. The van der Waals surface area contributed by atoms with E-state index in [1.807, 2.05) is 0 Å². The Balaban J connectivity index is 0.00000363. The molecular weight excluding hydrogens is 498 g/mol. The smallest absolute Gasteiger partial charge is 0.756 e. The Kier molecular flexibility index (Phi) is 8.43. The number of hydrogen-bond donors (Lipinski definition) is 6. The van der Waals surface area contributed by atoms with E-state index in [1.54, 1.807) is 0 Å². The standard InChI is InChI=1S/C10H16N5O13P3.Li/c11-10-13-8-7(9(17)14-10)12-3-15(8)6-1-4(16)5(26-6)2-25-30(21,22)28-31(23,24)27-29(18,19)20;/h3-7,16H,1-2H2,(H,21,22)(H,23,24)(H2,11,14,17)(H2,18,19,20);/q;+1/p-1. The molecule has 3 aliphatic rings. The second-order valence-corrected chi connectivity index (χ2v) is 10.6. The van der Waals surface area contributed by atoms with Gasteiger partial charge in [-0.15, -0.1) is 0 Å². The Hall–Kier alpha value is -0.793. The van der Waals surface area contributed by atoms with Gasteiger partial charge in [0.25, 0.3) is 13.7 Å². The van der Waals surface area contributed by atoms with Crippen LogP contribution in [-0.2, 0) is 36.4 Å². The first kappa shape index (κ1) is 27.5. The minimum absolute atomic E-state index is 0. The van der Waals surface area contributed by atoms with Gasteiger partial charge in [-0.3, -0.25) is 34.5 Å². The minimum atomic E-state index is -5.78. The van der Waals surface area contributed by atoms with Crippen LogP contribution in [0.15, 0.2) is 9.98 Å². The van der Waals surface area contributed by atoms with Crippen molar-refractivity contribution in [3.63, 3.8) is 0 Å². The predicted octanol–water partition coefficient (Wildman–Crippen LogP) is -5.65. The number of carbonyl (C=O) groups excluding carboxylic acids is 1. The van der Waals surface area contributed by atoms with Crippen LogP contribution in [0.1, 0.15) is 6.42 Å². The molecule has 32 heavy (non-hydrogen) atoms. The third kappa shape index (κ3) is 6.86. The number of aliphatic hydroxyl groups excluding tert-OH is 1. The van der Waals surface area contributed by atoms with E-state index in [9.17, 15) is 33.4 Å². The molecule has 0 radical (unpaired) electrons. The summed E-state index contributed by atoms with van der Waals surface area (Å²) in [5.41, 5.74) is 0. The molecule has 7 unspecified atom stereocenters. The zero-order valence-corrected chi connectivity index (χ0v) is 18.6. The summed E-state index contributed by atoms with van der Waals surface area (Å²) in [6.07, 6.45) is -2.42. The second kappa shape index (κ2) is 9.83. The average molecular weight is 513 g/mol. The second-order valence-electron chi connectivity index (χ2n) is 6.18. The number of hydrogen-bond acceptors (Lipinski definition) is 13. The van der Waals surface area contributed by atoms with Gasteiger partial charge in [-0.1, -0.05) is 0 Å². The first-order valence-electron chi connectivity index (χ1n) is 8.05. The van der Waals surface area contributed by atoms with Crippen molar-refractivity contribution in [1.29, 1.82) is 5.41 Å². The van der Waals surface area contributed by atoms with E-state index in [1.165, 1.54) is 11.2 Å². The predicted molar refractivity (Wildman–Crippen MR) is 94.3 cm³/mol. The third-order valence-electron chi connectivity index (χ3n) is 3.89. The molecule has 0 spiro atoms. The van der Waals surface area contributed by atoms with Crippen molar-refractivity contribution in [2.24, 2.45) is 9.98 Å². The van der Waals surface area contributed by atoms with Gasteiger partial charge in [-0.05, 0) is 0 Å². The van der Waals surface area contributed by atoms with E-state index < -0.39 is 66.4 Å². The Bertz CT molecular complexity index is 985. The molecule has 0 aromatic carbocycles. The molecule has 0 saturated carbocycles. The van der Waals surface area contributed by atoms with Crippen molar-refractivity contribution in [3.8, 4) is 0 Å². The number of ether oxygens (including phenoxy) is 1. The number of phosphoric ester groups is 1. The summed E-state index contributed by atoms with van der Waals surface area (Å²) in [5.74, 6) is -0.954. The number of phosphoric acid groups is 3. The molecular formula is C10H15LiN5O13P3. The molecule has 1 amide bonds. The SMILES string of the molecule is N=C1N=C2C(N=CN2C2CC(O)C(COP(=O)(O)OP(=O)(O)OP(=O)([O-])O)O2)C(=O)N1.[Li+]. The summed E-state index contributed by atoms with van der Waals surface area (Å²) in [7, 11) is -16.9. The van der Waals surface area contributed by atoms with Crippen LogP contribution in [0.2, 0.25) is 0 Å². The van der Waals surface area contributed by atoms with Crippen LogP contribution in [0, 0.1) is 5.41 Å². The normalized spacial score (nSPS) is 32.8. The summed E-state index contributed by atoms with van der Waals surface area (Å²) in [6.45, 7) is -0.864. The van der Waals surface area contributed by atoms with Crippen LogP contribution < -0.4 is 29.1 Å². The number of guanidine groups is 1. The monoisotopic (exact) mass is 513 g/mol. The molecule has 0 aromatic heterocycles. The summed E-state index contributed by atoms with van der Waals surface area (Å²) in [6, 6.07) is -1.02. The fraction of sp³-hybridized carbons (Fsp3) is 0.600. The topological polar surface area (TPSA) is 273 Å². The number of nitrogens with zero attached hydrogens (tertiary/aromatic N) is 3. The number of rotatable bonds is 8. The molecule has 3 rings (SSSR count). The molecule has 7 atom stereocenters. The average Bonchev–Trinajstić information content (AvgIpc) is 3.13. The first-order chi connectivity index (χ1) is 14.2. The number of fused-ring (bicyclic) bond motifs is 1. The van der Waals surface area contributed by atoms with Crippen molar-refractivity contribution in [3.05, 3.63) is 0 Å². The van der Waals surface area contributed by atoms with Gasteiger partial charge < -0.3 is 29.4 Å². The number of aliphatic imine (C=N–C) groups is 2. The fourth-order valence-corrected chi connectivity index (χ4v) is 5.76. The summed E-state index contributed by atoms with van der Waals surface area (Å²) in [4.78, 5) is 58.2. The van der Waals surface area contributed by atoms with Crippen molar-refractivity contribution in [2.75, 3.05) is 6.61 Å². The molecule has 0 aliphatic carbocycles. The summed E-state index contributed by atoms with van der Waals surface area (Å²) >= 11 is 0. The Morgan fingerprint density at radius 3 is 2.56 bits per heavy atom. The fourth-order valence-electron chi connectivity index (χ4n) is 2.76. The zero-order chi connectivity index (χ0) is 23.2. The number of amides is 1. The minimum Gasteiger partial charge on any atom is -0.756 e. The Labute approximate surface area is 190 Å². The molecule has 18 nitrogen and oxygen atoms in total. The van der Waals surface area contributed by atoms with Gasteiger partial charge in [0.2, 0.25) is 5.96 Å². The van der Waals surface area contributed by atoms with Crippen LogP contribution >= 0.6 is 23.5 Å². The van der Waals surface area contributed by atoms with E-state index in [0.29, 0.717) is 0 Å². The maximum Gasteiger partial charge on any atom is 1.00 e. The van der Waals surface area contributed by atoms with Crippen LogP contribution in [0.3, 0.4) is 0 Å². The van der Waals surface area contributed by atoms with Gasteiger partial charge >= 0.3 is 34.5 Å². The molecule has 3 heterocycles. The third-order valence-corrected chi connectivity index (χ3v) is 7.67. The van der Waals surface area contributed by atoms with E-state index in [2.05, 4.69) is 28.4 Å². The molecule has 1 fully saturated rings. The van der Waals surface area contributed by atoms with Crippen molar-refractivity contribution in [1.82, 2.24) is 10.2 Å². The number of nitrogens with one attached hydrogen (secondary N) is 2. The van der Waals surface area contributed by atoms with Crippen LogP contribution in [0.4, 0.5) is 0 Å². The maximum absolute atomic E-state index is 11.8. The van der Waals surface area contributed by atoms with Crippen LogP contribution in [0.25, 0.3) is 0 Å². The summed E-state index contributed by atoms with van der Waals surface area (Å²) in [5, 5.41) is 19.8. The molecule has 1 saturated heterocycles. The van der Waals surface area contributed by atoms with E-state index in [4.69, 9.17) is 19.9 Å². The molecule has 3 aliphatic heterocycles. The molecule has 174 valence electrons. The largest absolute Gasteiger partial charge is 1.00 e. The number of aliphatic hydroxyl groups is 1. The van der Waals surface area contributed by atoms with Gasteiger partial charge in [0, 0.05) is 6.42 Å². The zero-order valence-electron chi connectivity index (χ0n) is 15.9. The van der Waals surface area contributed by atoms with Gasteiger partial charge in [-0.2, -0.15) is 9.30 Å². The van der Waals surface area contributed by atoms with Gasteiger partial charge in [0.15, 0.2) is 11.9 Å². The molecule has 0 aromatic rings. The molecule has 0 bridgehead atoms. The van der Waals surface area contributed by atoms with E-state index in [-0.39, 0.29) is 31.1 Å². The quantitative estimate of drug-likeness (QED) is 0.130. The van der Waals surface area contributed by atoms with Gasteiger partial charge in [0.1, 0.15) is 12.3 Å². The van der Waals surface area contributed by atoms with Crippen molar-refractivity contribution >= 4 is 47.5 Å². The van der Waals surface area contributed by atoms with Crippen molar-refractivity contribution in [2.45, 2.75) is 30.9 Å². The van der Waals surface area contributed by atoms with Gasteiger partial charge in [-0.25, -0.2) is 13.4 Å². The Morgan fingerprint density at radius 1 is 1.28 bits per heavy atom. The number of carbonyl (C=O) groups is 1. The van der Waals surface area contributed by atoms with Crippen LogP contribution in [-0.4, -0.2) is 79.8 Å². The number of amidine groups is 1. The molecule has 22 heteroatoms. The van der Waals surface area contributed by atoms with E-state index >= 15 is 0 Å². The van der Waals surface area contributed by atoms with E-state index in [0.717, 1.165) is 0 Å². The first-order valence-corrected chi connectivity index (χ1v) is 12.5. The van der Waals surface area contributed by atoms with Gasteiger partial charge in [0.05, 0.1) is 19.0 Å². The summed E-state index contributed by atoms with van der Waals surface area (Å²) < 4.78 is 50.4. The van der Waals surface area contributed by atoms with Crippen molar-refractivity contribution < 1.29 is 79.9 Å².